The molecule has 0 saturated carbocycles. The summed E-state index contributed by atoms with van der Waals surface area (Å²) >= 11 is 0. The molecule has 0 spiro atoms. The van der Waals surface area contributed by atoms with E-state index in [-0.39, 0.29) is 10.7 Å². The smallest absolute Gasteiger partial charge is 0.367 e. The van der Waals surface area contributed by atoms with E-state index in [1.165, 1.54) is 6.07 Å². The normalized spacial score (nSPS) is 16.0. The maximum absolute atomic E-state index is 12.9. The zero-order valence-corrected chi connectivity index (χ0v) is 14.5. The summed E-state index contributed by atoms with van der Waals surface area (Å²) in [6.45, 7) is 1.69. The number of hydrogen-bond donors (Lipinski definition) is 1. The molecule has 1 fully saturated rings. The van der Waals surface area contributed by atoms with Crippen molar-refractivity contribution in [2.24, 2.45) is 5.14 Å². The van der Waals surface area contributed by atoms with E-state index in [9.17, 15) is 21.6 Å². The van der Waals surface area contributed by atoms with Crippen LogP contribution in [-0.2, 0) is 16.2 Å². The number of para-hydroxylation sites is 1. The molecule has 3 rings (SSSR count). The van der Waals surface area contributed by atoms with E-state index in [4.69, 9.17) is 5.14 Å². The predicted molar refractivity (Wildman–Crippen MR) is 91.5 cm³/mol. The van der Waals surface area contributed by atoms with Crippen LogP contribution in [0, 0.1) is 0 Å². The van der Waals surface area contributed by atoms with E-state index < -0.39 is 21.8 Å². The van der Waals surface area contributed by atoms with Gasteiger partial charge in [-0.2, -0.15) is 13.2 Å². The summed E-state index contributed by atoms with van der Waals surface area (Å²) in [5.74, 6) is 0.249. The van der Waals surface area contributed by atoms with E-state index in [1.807, 2.05) is 4.90 Å². The monoisotopic (exact) mass is 386 g/mol. The lowest BCUT2D eigenvalue weighted by atomic mass is 10.2. The Labute approximate surface area is 149 Å². The third kappa shape index (κ3) is 3.91. The minimum atomic E-state index is -4.42. The number of rotatable bonds is 3. The number of nitrogens with two attached hydrogens (primary N) is 1. The lowest BCUT2D eigenvalue weighted by Gasteiger charge is -2.37. The number of sulfonamides is 1. The fourth-order valence-corrected chi connectivity index (χ4v) is 3.66. The van der Waals surface area contributed by atoms with Crippen molar-refractivity contribution in [2.45, 2.75) is 11.1 Å². The van der Waals surface area contributed by atoms with Gasteiger partial charge in [-0.15, -0.1) is 0 Å². The average Bonchev–Trinajstić information content (AvgIpc) is 2.61. The zero-order chi connectivity index (χ0) is 18.9. The lowest BCUT2D eigenvalue weighted by Crippen LogP contribution is -2.47. The Bertz CT molecular complexity index is 894. The zero-order valence-electron chi connectivity index (χ0n) is 13.6. The van der Waals surface area contributed by atoms with Gasteiger partial charge in [-0.05, 0) is 24.3 Å². The molecule has 1 aliphatic rings. The summed E-state index contributed by atoms with van der Waals surface area (Å²) in [6.07, 6.45) is -3.28. The standard InChI is InChI=1S/C16H17F3N4O2S/c17-16(18,19)12-5-6-21-15(11-12)23-9-7-22(8-10-23)13-3-1-2-4-14(13)26(20,24)25/h1-6,11H,7-10H2,(H2,20,24,25). The van der Waals surface area contributed by atoms with Crippen LogP contribution < -0.4 is 14.9 Å². The van der Waals surface area contributed by atoms with Crippen LogP contribution in [0.5, 0.6) is 0 Å². The number of pyridine rings is 1. The van der Waals surface area contributed by atoms with Crippen LogP contribution in [0.15, 0.2) is 47.5 Å². The van der Waals surface area contributed by atoms with Crippen LogP contribution in [-0.4, -0.2) is 39.6 Å². The van der Waals surface area contributed by atoms with Crippen LogP contribution in [0.2, 0.25) is 0 Å². The summed E-state index contributed by atoms with van der Waals surface area (Å²) in [5.41, 5.74) is -0.254. The third-order valence-corrected chi connectivity index (χ3v) is 5.15. The van der Waals surface area contributed by atoms with Crippen LogP contribution >= 0.6 is 0 Å². The maximum atomic E-state index is 12.9. The average molecular weight is 386 g/mol. The Morgan fingerprint density at radius 3 is 2.23 bits per heavy atom. The Kier molecular flexibility index (Phi) is 4.80. The van der Waals surface area contributed by atoms with E-state index in [0.29, 0.717) is 31.9 Å². The number of benzene rings is 1. The minimum absolute atomic E-state index is 0.0330. The van der Waals surface area contributed by atoms with Crippen molar-refractivity contribution in [3.05, 3.63) is 48.2 Å². The molecule has 140 valence electrons. The van der Waals surface area contributed by atoms with Crippen molar-refractivity contribution in [1.82, 2.24) is 4.98 Å². The quantitative estimate of drug-likeness (QED) is 0.874. The van der Waals surface area contributed by atoms with E-state index >= 15 is 0 Å². The van der Waals surface area contributed by atoms with Gasteiger partial charge < -0.3 is 9.80 Å². The largest absolute Gasteiger partial charge is 0.416 e. The van der Waals surface area contributed by atoms with Crippen LogP contribution in [0.25, 0.3) is 0 Å². The topological polar surface area (TPSA) is 79.5 Å². The first kappa shape index (κ1) is 18.5. The van der Waals surface area contributed by atoms with Crippen molar-refractivity contribution < 1.29 is 21.6 Å². The van der Waals surface area contributed by atoms with Crippen molar-refractivity contribution in [1.29, 1.82) is 0 Å². The summed E-state index contributed by atoms with van der Waals surface area (Å²) in [5, 5.41) is 5.26. The predicted octanol–water partition coefficient (Wildman–Crippen LogP) is 2.07. The van der Waals surface area contributed by atoms with Gasteiger partial charge in [0.2, 0.25) is 10.0 Å². The van der Waals surface area contributed by atoms with Gasteiger partial charge in [0.1, 0.15) is 10.7 Å². The number of hydrogen-bond acceptors (Lipinski definition) is 5. The van der Waals surface area contributed by atoms with Crippen molar-refractivity contribution in [3.8, 4) is 0 Å². The van der Waals surface area contributed by atoms with Crippen molar-refractivity contribution in [3.63, 3.8) is 0 Å². The van der Waals surface area contributed by atoms with Gasteiger partial charge >= 0.3 is 6.18 Å². The molecule has 2 heterocycles. The van der Waals surface area contributed by atoms with Gasteiger partial charge in [0.05, 0.1) is 11.3 Å². The minimum Gasteiger partial charge on any atom is -0.367 e. The molecule has 0 aliphatic carbocycles. The molecule has 1 aromatic carbocycles. The first-order valence-corrected chi connectivity index (χ1v) is 9.36. The fraction of sp³-hybridized carbons (Fsp3) is 0.312. The Hall–Kier alpha value is -2.33. The van der Waals surface area contributed by atoms with Crippen LogP contribution in [0.3, 0.4) is 0 Å². The Morgan fingerprint density at radius 1 is 1.00 bits per heavy atom. The second-order valence-corrected chi connectivity index (χ2v) is 7.42. The number of alkyl halides is 3. The van der Waals surface area contributed by atoms with Gasteiger partial charge in [0.25, 0.3) is 0 Å². The fourth-order valence-electron chi connectivity index (χ4n) is 2.90. The summed E-state index contributed by atoms with van der Waals surface area (Å²) in [6, 6.07) is 8.36. The van der Waals surface area contributed by atoms with E-state index in [1.54, 1.807) is 23.1 Å². The molecule has 10 heteroatoms. The molecule has 0 amide bonds. The number of halogens is 3. The third-order valence-electron chi connectivity index (χ3n) is 4.19. The molecule has 6 nitrogen and oxygen atoms in total. The molecule has 2 N–H and O–H groups in total. The maximum Gasteiger partial charge on any atom is 0.416 e. The Morgan fingerprint density at radius 2 is 1.62 bits per heavy atom. The highest BCUT2D eigenvalue weighted by atomic mass is 32.2. The van der Waals surface area contributed by atoms with E-state index in [0.717, 1.165) is 18.3 Å². The molecule has 0 bridgehead atoms. The van der Waals surface area contributed by atoms with Crippen LogP contribution in [0.4, 0.5) is 24.7 Å². The van der Waals surface area contributed by atoms with Crippen LogP contribution in [0.1, 0.15) is 5.56 Å². The number of piperazine rings is 1. The SMILES string of the molecule is NS(=O)(=O)c1ccccc1N1CCN(c2cc(C(F)(F)F)ccn2)CC1. The molecule has 1 saturated heterocycles. The van der Waals surface area contributed by atoms with Gasteiger partial charge in [-0.25, -0.2) is 18.5 Å². The second-order valence-electron chi connectivity index (χ2n) is 5.89. The Balaban J connectivity index is 1.77. The number of primary sulfonamides is 1. The summed E-state index contributed by atoms with van der Waals surface area (Å²) < 4.78 is 62.0. The highest BCUT2D eigenvalue weighted by Gasteiger charge is 2.31. The summed E-state index contributed by atoms with van der Waals surface area (Å²) in [4.78, 5) is 7.65. The highest BCUT2D eigenvalue weighted by molar-refractivity contribution is 7.89. The molecule has 0 atom stereocenters. The summed E-state index contributed by atoms with van der Waals surface area (Å²) in [7, 11) is -3.86. The molecular weight excluding hydrogens is 369 g/mol. The first-order valence-electron chi connectivity index (χ1n) is 7.81. The second kappa shape index (κ2) is 6.76. The number of nitrogens with zero attached hydrogens (tertiary/aromatic N) is 3. The van der Waals surface area contributed by atoms with Crippen molar-refractivity contribution in [2.75, 3.05) is 36.0 Å². The molecule has 2 aromatic rings. The molecule has 1 aromatic heterocycles. The highest BCUT2D eigenvalue weighted by Crippen LogP contribution is 2.31. The van der Waals surface area contributed by atoms with Crippen molar-refractivity contribution >= 4 is 21.5 Å². The molecular formula is C16H17F3N4O2S. The van der Waals surface area contributed by atoms with Gasteiger partial charge in [-0.3, -0.25) is 0 Å². The number of aromatic nitrogens is 1. The lowest BCUT2D eigenvalue weighted by molar-refractivity contribution is -0.137. The van der Waals surface area contributed by atoms with Gasteiger partial charge in [-0.1, -0.05) is 12.1 Å². The number of anilines is 2. The molecule has 0 radical (unpaired) electrons. The molecule has 26 heavy (non-hydrogen) atoms. The van der Waals surface area contributed by atoms with E-state index in [2.05, 4.69) is 4.98 Å². The van der Waals surface area contributed by atoms with Gasteiger partial charge in [0.15, 0.2) is 0 Å². The molecule has 1 aliphatic heterocycles. The molecule has 0 unspecified atom stereocenters. The van der Waals surface area contributed by atoms with Gasteiger partial charge in [0, 0.05) is 32.4 Å². The first-order chi connectivity index (χ1) is 12.2.